The Morgan fingerprint density at radius 1 is 1.32 bits per heavy atom. The van der Waals surface area contributed by atoms with Crippen molar-refractivity contribution in [1.29, 1.82) is 0 Å². The quantitative estimate of drug-likeness (QED) is 0.403. The first-order valence-electron chi connectivity index (χ1n) is 5.82. The molecule has 0 unspecified atom stereocenters. The van der Waals surface area contributed by atoms with Gasteiger partial charge in [0.25, 0.3) is 0 Å². The lowest BCUT2D eigenvalue weighted by atomic mass is 10.0. The first kappa shape index (κ1) is 15.4. The molecule has 1 heterocycles. The van der Waals surface area contributed by atoms with Crippen LogP contribution >= 0.6 is 0 Å². The van der Waals surface area contributed by atoms with Crippen molar-refractivity contribution in [3.8, 4) is 0 Å². The zero-order valence-corrected chi connectivity index (χ0v) is 11.1. The number of carbonyl (C=O) groups is 1. The van der Waals surface area contributed by atoms with Crippen molar-refractivity contribution in [3.05, 3.63) is 11.4 Å². The number of aliphatic hydroxyl groups excluding tert-OH is 3. The van der Waals surface area contributed by atoms with Crippen molar-refractivity contribution >= 4 is 11.6 Å². The Kier molecular flexibility index (Phi) is 4.87. The molecule has 1 rings (SSSR count). The van der Waals surface area contributed by atoms with Crippen molar-refractivity contribution in [2.75, 3.05) is 25.6 Å². The van der Waals surface area contributed by atoms with Crippen LogP contribution in [-0.2, 0) is 11.3 Å². The average molecular weight is 272 g/mol. The number of hydrogen-bond donors (Lipinski definition) is 5. The number of amides is 1. The summed E-state index contributed by atoms with van der Waals surface area (Å²) >= 11 is 0. The second-order valence-corrected chi connectivity index (χ2v) is 4.54. The zero-order valence-electron chi connectivity index (χ0n) is 11.1. The summed E-state index contributed by atoms with van der Waals surface area (Å²) in [6.07, 6.45) is 0. The fourth-order valence-electron chi connectivity index (χ4n) is 1.60. The monoisotopic (exact) mass is 272 g/mol. The number of anilines is 1. The van der Waals surface area contributed by atoms with E-state index in [-0.39, 0.29) is 6.54 Å². The largest absolute Gasteiger partial charge is 0.396 e. The van der Waals surface area contributed by atoms with Gasteiger partial charge in [0.2, 0.25) is 5.91 Å². The maximum absolute atomic E-state index is 11.8. The third-order valence-electron chi connectivity index (χ3n) is 3.04. The molecule has 1 aromatic rings. The lowest BCUT2D eigenvalue weighted by molar-refractivity contribution is -0.126. The fourth-order valence-corrected chi connectivity index (χ4v) is 1.60. The van der Waals surface area contributed by atoms with Crippen LogP contribution in [0.5, 0.6) is 0 Å². The van der Waals surface area contributed by atoms with E-state index in [1.807, 2.05) is 0 Å². The van der Waals surface area contributed by atoms with E-state index in [1.165, 1.54) is 4.68 Å². The van der Waals surface area contributed by atoms with Crippen LogP contribution in [0.15, 0.2) is 0 Å². The highest BCUT2D eigenvalue weighted by Gasteiger charge is 2.30. The van der Waals surface area contributed by atoms with Gasteiger partial charge in [-0.1, -0.05) is 0 Å². The van der Waals surface area contributed by atoms with E-state index in [2.05, 4.69) is 10.4 Å². The van der Waals surface area contributed by atoms with Gasteiger partial charge in [0.15, 0.2) is 0 Å². The van der Waals surface area contributed by atoms with E-state index in [1.54, 1.807) is 13.8 Å². The molecule has 1 aromatic heterocycles. The van der Waals surface area contributed by atoms with Crippen LogP contribution in [0.25, 0.3) is 0 Å². The van der Waals surface area contributed by atoms with Crippen molar-refractivity contribution in [2.45, 2.75) is 25.9 Å². The number of aromatic nitrogens is 2. The molecule has 0 radical (unpaired) electrons. The van der Waals surface area contributed by atoms with E-state index in [0.29, 0.717) is 17.1 Å². The smallest absolute Gasteiger partial charge is 0.242 e. The molecule has 8 nitrogen and oxygen atoms in total. The van der Waals surface area contributed by atoms with Gasteiger partial charge in [0, 0.05) is 0 Å². The van der Waals surface area contributed by atoms with Gasteiger partial charge in [-0.25, -0.2) is 0 Å². The molecular formula is C11H20N4O4. The van der Waals surface area contributed by atoms with Crippen molar-refractivity contribution in [1.82, 2.24) is 15.1 Å². The van der Waals surface area contributed by atoms with Crippen LogP contribution < -0.4 is 11.1 Å². The number of aryl methyl sites for hydroxylation is 1. The van der Waals surface area contributed by atoms with Crippen LogP contribution in [-0.4, -0.2) is 56.4 Å². The fraction of sp³-hybridized carbons (Fsp3) is 0.636. The molecule has 0 aliphatic rings. The van der Waals surface area contributed by atoms with E-state index < -0.39 is 31.3 Å². The Bertz CT molecular complexity index is 446. The van der Waals surface area contributed by atoms with Gasteiger partial charge in [-0.3, -0.25) is 9.48 Å². The first-order chi connectivity index (χ1) is 8.89. The van der Waals surface area contributed by atoms with Crippen LogP contribution in [0.3, 0.4) is 0 Å². The predicted molar refractivity (Wildman–Crippen MR) is 68.2 cm³/mol. The number of nitrogens with two attached hydrogens (primary N) is 1. The van der Waals surface area contributed by atoms with E-state index in [4.69, 9.17) is 21.1 Å². The highest BCUT2D eigenvalue weighted by molar-refractivity contribution is 5.77. The molecule has 1 amide bonds. The number of nitrogens with one attached hydrogen (secondary N) is 1. The van der Waals surface area contributed by atoms with Crippen LogP contribution in [0, 0.1) is 13.8 Å². The summed E-state index contributed by atoms with van der Waals surface area (Å²) in [5.74, 6) is -0.484. The lowest BCUT2D eigenvalue weighted by Gasteiger charge is -2.28. The Hall–Kier alpha value is -1.64. The number of hydrogen-bond acceptors (Lipinski definition) is 6. The molecule has 19 heavy (non-hydrogen) atoms. The third kappa shape index (κ3) is 3.22. The SMILES string of the molecule is Cc1nn(CC(=O)NC(CO)(CO)CO)c(C)c1N. The molecule has 6 N–H and O–H groups in total. The summed E-state index contributed by atoms with van der Waals surface area (Å²) in [4.78, 5) is 11.8. The van der Waals surface area contributed by atoms with Crippen molar-refractivity contribution < 1.29 is 20.1 Å². The molecule has 0 atom stereocenters. The summed E-state index contributed by atoms with van der Waals surface area (Å²) in [7, 11) is 0. The predicted octanol–water partition coefficient (Wildman–Crippen LogP) is -2.09. The normalized spacial score (nSPS) is 11.6. The number of nitrogen functional groups attached to an aromatic ring is 1. The van der Waals surface area contributed by atoms with Gasteiger partial charge in [-0.15, -0.1) is 0 Å². The van der Waals surface area contributed by atoms with Crippen LogP contribution in [0.2, 0.25) is 0 Å². The molecule has 8 heteroatoms. The summed E-state index contributed by atoms with van der Waals surface area (Å²) in [5, 5.41) is 33.8. The van der Waals surface area contributed by atoms with Crippen LogP contribution in [0.1, 0.15) is 11.4 Å². The maximum atomic E-state index is 11.8. The third-order valence-corrected chi connectivity index (χ3v) is 3.04. The summed E-state index contributed by atoms with van der Waals surface area (Å²) in [5.41, 5.74) is 6.13. The molecule has 0 fully saturated rings. The van der Waals surface area contributed by atoms with Gasteiger partial charge in [-0.05, 0) is 13.8 Å². The molecule has 0 saturated carbocycles. The molecule has 0 aliphatic heterocycles. The molecule has 0 aliphatic carbocycles. The van der Waals surface area contributed by atoms with Gasteiger partial charge in [-0.2, -0.15) is 5.10 Å². The van der Waals surface area contributed by atoms with Gasteiger partial charge in [0.1, 0.15) is 12.1 Å². The van der Waals surface area contributed by atoms with Gasteiger partial charge in [0.05, 0.1) is 36.9 Å². The van der Waals surface area contributed by atoms with E-state index in [9.17, 15) is 4.79 Å². The number of aliphatic hydroxyl groups is 3. The number of nitrogens with zero attached hydrogens (tertiary/aromatic N) is 2. The van der Waals surface area contributed by atoms with Crippen LogP contribution in [0.4, 0.5) is 5.69 Å². The minimum atomic E-state index is -1.43. The Morgan fingerprint density at radius 2 is 1.84 bits per heavy atom. The first-order valence-corrected chi connectivity index (χ1v) is 5.82. The Morgan fingerprint density at radius 3 is 2.21 bits per heavy atom. The Labute approximate surface area is 110 Å². The standard InChI is InChI=1S/C11H20N4O4/c1-7-10(12)8(2)15(14-7)3-9(19)13-11(4-16,5-17)6-18/h16-18H,3-6,12H2,1-2H3,(H,13,19). The number of rotatable bonds is 6. The Balaban J connectivity index is 2.77. The van der Waals surface area contributed by atoms with Gasteiger partial charge >= 0.3 is 0 Å². The van der Waals surface area contributed by atoms with E-state index >= 15 is 0 Å². The summed E-state index contributed by atoms with van der Waals surface area (Å²) in [6, 6.07) is 0. The summed E-state index contributed by atoms with van der Waals surface area (Å²) in [6.45, 7) is 1.67. The van der Waals surface area contributed by atoms with E-state index in [0.717, 1.165) is 0 Å². The highest BCUT2D eigenvalue weighted by Crippen LogP contribution is 2.14. The average Bonchev–Trinajstić information content (AvgIpc) is 2.64. The molecular weight excluding hydrogens is 252 g/mol. The minimum Gasteiger partial charge on any atom is -0.396 e. The zero-order chi connectivity index (χ0) is 14.6. The summed E-state index contributed by atoms with van der Waals surface area (Å²) < 4.78 is 1.43. The van der Waals surface area contributed by atoms with Gasteiger partial charge < -0.3 is 26.4 Å². The molecule has 0 spiro atoms. The minimum absolute atomic E-state index is 0.106. The molecule has 0 aromatic carbocycles. The van der Waals surface area contributed by atoms with Crippen molar-refractivity contribution in [2.24, 2.45) is 0 Å². The number of carbonyl (C=O) groups excluding carboxylic acids is 1. The maximum Gasteiger partial charge on any atom is 0.242 e. The second kappa shape index (κ2) is 6.00. The topological polar surface area (TPSA) is 134 Å². The lowest BCUT2D eigenvalue weighted by Crippen LogP contribution is -2.57. The molecule has 108 valence electrons. The van der Waals surface area contributed by atoms with Crippen molar-refractivity contribution in [3.63, 3.8) is 0 Å². The molecule has 0 bridgehead atoms. The second-order valence-electron chi connectivity index (χ2n) is 4.54. The highest BCUT2D eigenvalue weighted by atomic mass is 16.3. The molecule has 0 saturated heterocycles.